The molecule has 0 atom stereocenters. The molecular weight excluding hydrogens is 244 g/mol. The number of fused-ring (bicyclic) bond motifs is 1. The molecule has 102 valence electrons. The van der Waals surface area contributed by atoms with Crippen LogP contribution in [0, 0.1) is 5.92 Å². The molecule has 0 radical (unpaired) electrons. The van der Waals surface area contributed by atoms with Crippen LogP contribution in [-0.2, 0) is 16.1 Å². The molecule has 0 spiro atoms. The molecule has 1 saturated heterocycles. The highest BCUT2D eigenvalue weighted by atomic mass is 16.5. The second-order valence-electron chi connectivity index (χ2n) is 4.87. The summed E-state index contributed by atoms with van der Waals surface area (Å²) in [7, 11) is 0. The highest BCUT2D eigenvalue weighted by molar-refractivity contribution is 5.85. The minimum absolute atomic E-state index is 0.394. The van der Waals surface area contributed by atoms with Gasteiger partial charge in [-0.2, -0.15) is 0 Å². The van der Waals surface area contributed by atoms with Crippen LogP contribution < -0.4 is 5.73 Å². The van der Waals surface area contributed by atoms with Crippen molar-refractivity contribution in [2.24, 2.45) is 5.92 Å². The molecule has 1 aromatic carbocycles. The van der Waals surface area contributed by atoms with Crippen LogP contribution in [0.15, 0.2) is 22.6 Å². The second-order valence-corrected chi connectivity index (χ2v) is 4.87. The van der Waals surface area contributed by atoms with E-state index >= 15 is 0 Å². The predicted molar refractivity (Wildman–Crippen MR) is 71.6 cm³/mol. The zero-order valence-corrected chi connectivity index (χ0v) is 10.8. The summed E-state index contributed by atoms with van der Waals surface area (Å²) < 4.78 is 16.6. The predicted octanol–water partition coefficient (Wildman–Crippen LogP) is 2.35. The van der Waals surface area contributed by atoms with Gasteiger partial charge in [-0.25, -0.2) is 4.98 Å². The quantitative estimate of drug-likeness (QED) is 0.856. The van der Waals surface area contributed by atoms with E-state index < -0.39 is 0 Å². The van der Waals surface area contributed by atoms with Gasteiger partial charge in [0.05, 0.1) is 12.3 Å². The van der Waals surface area contributed by atoms with Gasteiger partial charge in [-0.1, -0.05) is 6.07 Å². The molecule has 5 nitrogen and oxygen atoms in total. The second kappa shape index (κ2) is 5.59. The van der Waals surface area contributed by atoms with Crippen LogP contribution in [0.4, 0.5) is 5.69 Å². The standard InChI is InChI=1S/C14H18N2O3/c15-11-2-1-3-12-14(11)16-13(19-12)9-18-8-10-4-6-17-7-5-10/h1-3,10H,4-9,15H2. The lowest BCUT2D eigenvalue weighted by Crippen LogP contribution is -2.20. The Balaban J connectivity index is 1.57. The number of nitrogens with zero attached hydrogens (tertiary/aromatic N) is 1. The van der Waals surface area contributed by atoms with E-state index in [2.05, 4.69) is 4.98 Å². The van der Waals surface area contributed by atoms with Gasteiger partial charge in [0.15, 0.2) is 5.58 Å². The number of oxazole rings is 1. The van der Waals surface area contributed by atoms with Crippen molar-refractivity contribution in [2.75, 3.05) is 25.6 Å². The van der Waals surface area contributed by atoms with E-state index in [1.807, 2.05) is 18.2 Å². The number of aromatic nitrogens is 1. The Bertz CT molecular complexity index is 547. The Labute approximate surface area is 111 Å². The first kappa shape index (κ1) is 12.4. The van der Waals surface area contributed by atoms with Crippen LogP contribution in [0.2, 0.25) is 0 Å². The van der Waals surface area contributed by atoms with E-state index in [9.17, 15) is 0 Å². The summed E-state index contributed by atoms with van der Waals surface area (Å²) in [6.45, 7) is 2.81. The number of benzene rings is 1. The Kier molecular flexibility index (Phi) is 3.66. The van der Waals surface area contributed by atoms with Gasteiger partial charge in [0, 0.05) is 13.2 Å². The molecule has 0 saturated carbocycles. The Morgan fingerprint density at radius 3 is 2.95 bits per heavy atom. The molecule has 1 aliphatic rings. The topological polar surface area (TPSA) is 70.5 Å². The molecular formula is C14H18N2O3. The van der Waals surface area contributed by atoms with Crippen molar-refractivity contribution in [3.05, 3.63) is 24.1 Å². The number of rotatable bonds is 4. The normalized spacial score (nSPS) is 17.1. The smallest absolute Gasteiger partial charge is 0.221 e. The SMILES string of the molecule is Nc1cccc2oc(COCC3CCOCC3)nc12. The monoisotopic (exact) mass is 262 g/mol. The number of nitrogens with two attached hydrogens (primary N) is 1. The molecule has 1 aliphatic heterocycles. The van der Waals surface area contributed by atoms with Crippen LogP contribution in [0.3, 0.4) is 0 Å². The molecule has 5 heteroatoms. The van der Waals surface area contributed by atoms with E-state index in [0.717, 1.165) is 32.7 Å². The molecule has 2 aromatic rings. The summed E-state index contributed by atoms with van der Waals surface area (Å²) in [4.78, 5) is 4.35. The average molecular weight is 262 g/mol. The fourth-order valence-corrected chi connectivity index (χ4v) is 2.30. The maximum atomic E-state index is 5.84. The summed E-state index contributed by atoms with van der Waals surface area (Å²) in [6.07, 6.45) is 2.14. The molecule has 3 rings (SSSR count). The van der Waals surface area contributed by atoms with Gasteiger partial charge >= 0.3 is 0 Å². The number of anilines is 1. The first-order chi connectivity index (χ1) is 9.33. The van der Waals surface area contributed by atoms with Crippen LogP contribution in [0.5, 0.6) is 0 Å². The maximum Gasteiger partial charge on any atom is 0.221 e. The minimum Gasteiger partial charge on any atom is -0.438 e. The van der Waals surface area contributed by atoms with Gasteiger partial charge in [-0.05, 0) is 30.9 Å². The van der Waals surface area contributed by atoms with Crippen LogP contribution in [-0.4, -0.2) is 24.8 Å². The lowest BCUT2D eigenvalue weighted by atomic mass is 10.0. The molecule has 0 bridgehead atoms. The highest BCUT2D eigenvalue weighted by Crippen LogP contribution is 2.22. The van der Waals surface area contributed by atoms with E-state index in [-0.39, 0.29) is 0 Å². The van der Waals surface area contributed by atoms with Crippen molar-refractivity contribution in [3.63, 3.8) is 0 Å². The summed E-state index contributed by atoms with van der Waals surface area (Å²) in [6, 6.07) is 5.54. The zero-order chi connectivity index (χ0) is 13.1. The van der Waals surface area contributed by atoms with Crippen LogP contribution in [0.1, 0.15) is 18.7 Å². The molecule has 2 N–H and O–H groups in total. The summed E-state index contributed by atoms with van der Waals surface area (Å²) in [5.74, 6) is 1.17. The molecule has 2 heterocycles. The number of para-hydroxylation sites is 1. The summed E-state index contributed by atoms with van der Waals surface area (Å²) in [5.41, 5.74) is 7.90. The largest absolute Gasteiger partial charge is 0.438 e. The molecule has 0 amide bonds. The third-order valence-electron chi connectivity index (χ3n) is 3.41. The van der Waals surface area contributed by atoms with E-state index in [1.165, 1.54) is 0 Å². The number of hydrogen-bond donors (Lipinski definition) is 1. The van der Waals surface area contributed by atoms with Gasteiger partial charge in [-0.15, -0.1) is 0 Å². The molecule has 0 aliphatic carbocycles. The van der Waals surface area contributed by atoms with Gasteiger partial charge < -0.3 is 19.6 Å². The molecule has 19 heavy (non-hydrogen) atoms. The summed E-state index contributed by atoms with van der Waals surface area (Å²) >= 11 is 0. The van der Waals surface area contributed by atoms with E-state index in [4.69, 9.17) is 19.6 Å². The first-order valence-corrected chi connectivity index (χ1v) is 6.62. The molecule has 0 unspecified atom stereocenters. The highest BCUT2D eigenvalue weighted by Gasteiger charge is 2.14. The molecule has 1 fully saturated rings. The lowest BCUT2D eigenvalue weighted by Gasteiger charge is -2.21. The van der Waals surface area contributed by atoms with Crippen molar-refractivity contribution in [1.29, 1.82) is 0 Å². The number of ether oxygens (including phenoxy) is 2. The fraction of sp³-hybridized carbons (Fsp3) is 0.500. The fourth-order valence-electron chi connectivity index (χ4n) is 2.30. The van der Waals surface area contributed by atoms with Crippen molar-refractivity contribution in [2.45, 2.75) is 19.4 Å². The number of hydrogen-bond acceptors (Lipinski definition) is 5. The minimum atomic E-state index is 0.394. The average Bonchev–Trinajstić information content (AvgIpc) is 2.84. The van der Waals surface area contributed by atoms with Gasteiger partial charge in [0.25, 0.3) is 0 Å². The Morgan fingerprint density at radius 2 is 2.16 bits per heavy atom. The van der Waals surface area contributed by atoms with Crippen molar-refractivity contribution < 1.29 is 13.9 Å². The van der Waals surface area contributed by atoms with Gasteiger partial charge in [0.2, 0.25) is 5.89 Å². The van der Waals surface area contributed by atoms with Crippen LogP contribution in [0.25, 0.3) is 11.1 Å². The van der Waals surface area contributed by atoms with Crippen molar-refractivity contribution >= 4 is 16.8 Å². The first-order valence-electron chi connectivity index (χ1n) is 6.62. The van der Waals surface area contributed by atoms with E-state index in [1.54, 1.807) is 0 Å². The van der Waals surface area contributed by atoms with Gasteiger partial charge in [-0.3, -0.25) is 0 Å². The Hall–Kier alpha value is -1.59. The Morgan fingerprint density at radius 1 is 1.32 bits per heavy atom. The molecule has 1 aromatic heterocycles. The van der Waals surface area contributed by atoms with Gasteiger partial charge in [0.1, 0.15) is 12.1 Å². The van der Waals surface area contributed by atoms with E-state index in [0.29, 0.717) is 35.2 Å². The number of nitrogen functional groups attached to an aromatic ring is 1. The maximum absolute atomic E-state index is 5.84. The summed E-state index contributed by atoms with van der Waals surface area (Å²) in [5, 5.41) is 0. The third kappa shape index (κ3) is 2.88. The van der Waals surface area contributed by atoms with Crippen molar-refractivity contribution in [1.82, 2.24) is 4.98 Å². The zero-order valence-electron chi connectivity index (χ0n) is 10.8. The van der Waals surface area contributed by atoms with Crippen LogP contribution >= 0.6 is 0 Å². The van der Waals surface area contributed by atoms with Crippen molar-refractivity contribution in [3.8, 4) is 0 Å². The third-order valence-corrected chi connectivity index (χ3v) is 3.41. The lowest BCUT2D eigenvalue weighted by molar-refractivity contribution is 0.0112.